The van der Waals surface area contributed by atoms with Crippen LogP contribution in [0.4, 0.5) is 0 Å². The molecule has 0 bridgehead atoms. The minimum atomic E-state index is 0.300. The monoisotopic (exact) mass is 242 g/mol. The van der Waals surface area contributed by atoms with Crippen LogP contribution in [0.2, 0.25) is 0 Å². The van der Waals surface area contributed by atoms with E-state index in [1.54, 1.807) is 0 Å². The van der Waals surface area contributed by atoms with Crippen LogP contribution in [-0.2, 0) is 4.74 Å². The van der Waals surface area contributed by atoms with Gasteiger partial charge in [-0.2, -0.15) is 0 Å². The highest BCUT2D eigenvalue weighted by Gasteiger charge is 2.17. The summed E-state index contributed by atoms with van der Waals surface area (Å²) in [5, 5.41) is 0. The lowest BCUT2D eigenvalue weighted by Gasteiger charge is -2.28. The van der Waals surface area contributed by atoms with Gasteiger partial charge in [-0.15, -0.1) is 0 Å². The Morgan fingerprint density at radius 1 is 1.41 bits per heavy atom. The molecule has 3 nitrogen and oxygen atoms in total. The Balaban J connectivity index is 2.10. The maximum Gasteiger partial charge on any atom is 0.0506 e. The van der Waals surface area contributed by atoms with E-state index in [1.165, 1.54) is 38.8 Å². The summed E-state index contributed by atoms with van der Waals surface area (Å²) in [7, 11) is 2.23. The molecule has 0 spiro atoms. The summed E-state index contributed by atoms with van der Waals surface area (Å²) in [5.74, 6) is 0.747. The Kier molecular flexibility index (Phi) is 6.45. The van der Waals surface area contributed by atoms with Gasteiger partial charge in [0.05, 0.1) is 6.61 Å². The van der Waals surface area contributed by atoms with Gasteiger partial charge in [0.2, 0.25) is 0 Å². The number of hydrogen-bond acceptors (Lipinski definition) is 3. The molecule has 1 saturated heterocycles. The standard InChI is InChI=1S/C14H30N2O/c1-14(2,12-15)7-5-8-16(3)10-13-6-4-9-17-11-13/h13H,4-12,15H2,1-3H3. The Morgan fingerprint density at radius 3 is 2.76 bits per heavy atom. The normalized spacial score (nSPS) is 22.1. The van der Waals surface area contributed by atoms with E-state index in [9.17, 15) is 0 Å². The zero-order chi connectivity index (χ0) is 12.7. The molecule has 0 aliphatic carbocycles. The number of rotatable bonds is 7. The lowest BCUT2D eigenvalue weighted by molar-refractivity contribution is 0.0416. The second kappa shape index (κ2) is 7.34. The molecule has 1 fully saturated rings. The van der Waals surface area contributed by atoms with Gasteiger partial charge in [-0.05, 0) is 57.2 Å². The molecule has 1 aliphatic rings. The lowest BCUT2D eigenvalue weighted by Crippen LogP contribution is -2.32. The summed E-state index contributed by atoms with van der Waals surface area (Å²) in [6.07, 6.45) is 5.03. The van der Waals surface area contributed by atoms with Crippen LogP contribution in [0.25, 0.3) is 0 Å². The van der Waals surface area contributed by atoms with Crippen LogP contribution >= 0.6 is 0 Å². The zero-order valence-electron chi connectivity index (χ0n) is 11.9. The smallest absolute Gasteiger partial charge is 0.0506 e. The highest BCUT2D eigenvalue weighted by molar-refractivity contribution is 4.71. The molecular weight excluding hydrogens is 212 g/mol. The van der Waals surface area contributed by atoms with Crippen molar-refractivity contribution in [2.45, 2.75) is 39.5 Å². The van der Waals surface area contributed by atoms with Crippen LogP contribution in [0, 0.1) is 11.3 Å². The molecule has 0 aromatic heterocycles. The molecular formula is C14H30N2O. The molecule has 1 heterocycles. The third-order valence-electron chi connectivity index (χ3n) is 3.77. The van der Waals surface area contributed by atoms with Crippen LogP contribution in [0.3, 0.4) is 0 Å². The fourth-order valence-electron chi connectivity index (χ4n) is 2.41. The van der Waals surface area contributed by atoms with Crippen LogP contribution in [0.5, 0.6) is 0 Å². The van der Waals surface area contributed by atoms with Crippen molar-refractivity contribution in [1.82, 2.24) is 4.90 Å². The Morgan fingerprint density at radius 2 is 2.18 bits per heavy atom. The van der Waals surface area contributed by atoms with Crippen LogP contribution in [0.15, 0.2) is 0 Å². The molecule has 102 valence electrons. The maximum absolute atomic E-state index is 5.74. The molecule has 0 aromatic carbocycles. The van der Waals surface area contributed by atoms with Gasteiger partial charge in [0.25, 0.3) is 0 Å². The summed E-state index contributed by atoms with van der Waals surface area (Å²) in [4.78, 5) is 2.45. The van der Waals surface area contributed by atoms with E-state index in [2.05, 4.69) is 25.8 Å². The van der Waals surface area contributed by atoms with Gasteiger partial charge in [-0.3, -0.25) is 0 Å². The van der Waals surface area contributed by atoms with Crippen molar-refractivity contribution in [3.8, 4) is 0 Å². The maximum atomic E-state index is 5.74. The van der Waals surface area contributed by atoms with Crippen LogP contribution in [-0.4, -0.2) is 44.8 Å². The lowest BCUT2D eigenvalue weighted by atomic mass is 9.88. The van der Waals surface area contributed by atoms with E-state index in [-0.39, 0.29) is 0 Å². The predicted molar refractivity (Wildman–Crippen MR) is 73.1 cm³/mol. The summed E-state index contributed by atoms with van der Waals surface area (Å²) in [6.45, 7) is 9.57. The molecule has 0 amide bonds. The largest absolute Gasteiger partial charge is 0.381 e. The molecule has 1 aliphatic heterocycles. The SMILES string of the molecule is CN(CCCC(C)(C)CN)CC1CCCOC1. The summed E-state index contributed by atoms with van der Waals surface area (Å²) < 4.78 is 5.52. The van der Waals surface area contributed by atoms with Crippen molar-refractivity contribution >= 4 is 0 Å². The fourth-order valence-corrected chi connectivity index (χ4v) is 2.41. The quantitative estimate of drug-likeness (QED) is 0.743. The van der Waals surface area contributed by atoms with Crippen molar-refractivity contribution in [3.05, 3.63) is 0 Å². The molecule has 17 heavy (non-hydrogen) atoms. The fraction of sp³-hybridized carbons (Fsp3) is 1.00. The second-order valence-electron chi connectivity index (χ2n) is 6.32. The molecule has 0 aromatic rings. The minimum Gasteiger partial charge on any atom is -0.381 e. The van der Waals surface area contributed by atoms with Crippen molar-refractivity contribution in [2.24, 2.45) is 17.1 Å². The number of nitrogens with zero attached hydrogens (tertiary/aromatic N) is 1. The van der Waals surface area contributed by atoms with Gasteiger partial charge in [-0.25, -0.2) is 0 Å². The second-order valence-corrected chi connectivity index (χ2v) is 6.32. The summed E-state index contributed by atoms with van der Waals surface area (Å²) in [5.41, 5.74) is 6.04. The van der Waals surface area contributed by atoms with Gasteiger partial charge in [-0.1, -0.05) is 13.8 Å². The topological polar surface area (TPSA) is 38.5 Å². The first kappa shape index (κ1) is 14.9. The highest BCUT2D eigenvalue weighted by atomic mass is 16.5. The molecule has 2 N–H and O–H groups in total. The Bertz CT molecular complexity index is 200. The van der Waals surface area contributed by atoms with E-state index in [4.69, 9.17) is 10.5 Å². The first-order valence-corrected chi connectivity index (χ1v) is 7.00. The minimum absolute atomic E-state index is 0.300. The van der Waals surface area contributed by atoms with E-state index < -0.39 is 0 Å². The summed E-state index contributed by atoms with van der Waals surface area (Å²) in [6, 6.07) is 0. The van der Waals surface area contributed by atoms with Crippen molar-refractivity contribution in [3.63, 3.8) is 0 Å². The Hall–Kier alpha value is -0.120. The average molecular weight is 242 g/mol. The van der Waals surface area contributed by atoms with Gasteiger partial charge in [0.15, 0.2) is 0 Å². The van der Waals surface area contributed by atoms with Gasteiger partial charge in [0, 0.05) is 13.2 Å². The van der Waals surface area contributed by atoms with E-state index in [1.807, 2.05) is 0 Å². The van der Waals surface area contributed by atoms with Gasteiger partial charge >= 0.3 is 0 Å². The first-order chi connectivity index (χ1) is 8.03. The van der Waals surface area contributed by atoms with Crippen molar-refractivity contribution in [2.75, 3.05) is 39.9 Å². The third-order valence-corrected chi connectivity index (χ3v) is 3.77. The van der Waals surface area contributed by atoms with E-state index >= 15 is 0 Å². The molecule has 1 rings (SSSR count). The van der Waals surface area contributed by atoms with Gasteiger partial charge < -0.3 is 15.4 Å². The number of ether oxygens (including phenoxy) is 1. The first-order valence-electron chi connectivity index (χ1n) is 7.00. The molecule has 0 saturated carbocycles. The molecule has 0 radical (unpaired) electrons. The van der Waals surface area contributed by atoms with Crippen molar-refractivity contribution in [1.29, 1.82) is 0 Å². The summed E-state index contributed by atoms with van der Waals surface area (Å²) >= 11 is 0. The molecule has 3 heteroatoms. The molecule has 1 unspecified atom stereocenters. The zero-order valence-corrected chi connectivity index (χ0v) is 11.9. The molecule has 1 atom stereocenters. The van der Waals surface area contributed by atoms with E-state index in [0.717, 1.165) is 25.7 Å². The third kappa shape index (κ3) is 6.39. The highest BCUT2D eigenvalue weighted by Crippen LogP contribution is 2.20. The van der Waals surface area contributed by atoms with Crippen LogP contribution < -0.4 is 5.73 Å². The average Bonchev–Trinajstić information content (AvgIpc) is 2.30. The number of hydrogen-bond donors (Lipinski definition) is 1. The van der Waals surface area contributed by atoms with E-state index in [0.29, 0.717) is 5.41 Å². The number of nitrogens with two attached hydrogens (primary N) is 1. The van der Waals surface area contributed by atoms with Gasteiger partial charge in [0.1, 0.15) is 0 Å². The Labute approximate surface area is 107 Å². The van der Waals surface area contributed by atoms with Crippen LogP contribution in [0.1, 0.15) is 39.5 Å². The predicted octanol–water partition coefficient (Wildman–Crippen LogP) is 2.11. The van der Waals surface area contributed by atoms with Crippen molar-refractivity contribution < 1.29 is 4.74 Å².